The lowest BCUT2D eigenvalue weighted by atomic mass is 9.94. The molecular formula is C21H26BBrN4O3. The molecule has 30 heavy (non-hydrogen) atoms. The predicted octanol–water partition coefficient (Wildman–Crippen LogP) is 2.22. The molecule has 3 rings (SSSR count). The van der Waals surface area contributed by atoms with Crippen LogP contribution in [0, 0.1) is 0 Å². The van der Waals surface area contributed by atoms with Crippen molar-refractivity contribution in [2.75, 3.05) is 18.0 Å². The van der Waals surface area contributed by atoms with Crippen molar-refractivity contribution in [3.05, 3.63) is 46.2 Å². The van der Waals surface area contributed by atoms with Crippen LogP contribution in [0.4, 0.5) is 10.6 Å². The molecular weight excluding hydrogens is 447 g/mol. The largest absolute Gasteiger partial charge is 0.444 e. The first-order valence-electron chi connectivity index (χ1n) is 10.0. The molecule has 0 radical (unpaired) electrons. The van der Waals surface area contributed by atoms with E-state index in [1.165, 1.54) is 0 Å². The molecule has 7 nitrogen and oxygen atoms in total. The van der Waals surface area contributed by atoms with Gasteiger partial charge in [0, 0.05) is 41.0 Å². The number of hydrogen-bond acceptors (Lipinski definition) is 6. The quantitative estimate of drug-likeness (QED) is 0.542. The molecule has 1 aliphatic rings. The molecule has 9 heteroatoms. The number of ether oxygens (including phenoxy) is 1. The Morgan fingerprint density at radius 1 is 1.27 bits per heavy atom. The van der Waals surface area contributed by atoms with Crippen LogP contribution in [-0.2, 0) is 4.74 Å². The van der Waals surface area contributed by atoms with Gasteiger partial charge < -0.3 is 15.0 Å². The summed E-state index contributed by atoms with van der Waals surface area (Å²) in [6.45, 7) is 7.02. The fourth-order valence-electron chi connectivity index (χ4n) is 3.33. The van der Waals surface area contributed by atoms with Crippen molar-refractivity contribution in [2.45, 2.75) is 45.3 Å². The normalized spacial score (nSPS) is 15.0. The molecule has 0 atom stereocenters. The summed E-state index contributed by atoms with van der Waals surface area (Å²) in [7, 11) is 1.81. The van der Waals surface area contributed by atoms with E-state index >= 15 is 0 Å². The highest BCUT2D eigenvalue weighted by Crippen LogP contribution is 2.20. The van der Waals surface area contributed by atoms with E-state index in [0.29, 0.717) is 16.9 Å². The molecule has 0 unspecified atom stereocenters. The van der Waals surface area contributed by atoms with Gasteiger partial charge >= 0.3 is 6.09 Å². The molecule has 0 aromatic carbocycles. The summed E-state index contributed by atoms with van der Waals surface area (Å²) in [6.07, 6.45) is 2.86. The molecule has 158 valence electrons. The number of anilines is 1. The fourth-order valence-corrected chi connectivity index (χ4v) is 3.66. The maximum atomic E-state index is 12.9. The van der Waals surface area contributed by atoms with Gasteiger partial charge in [-0.25, -0.2) is 9.78 Å². The van der Waals surface area contributed by atoms with Crippen LogP contribution < -0.4 is 15.8 Å². The van der Waals surface area contributed by atoms with Gasteiger partial charge in [-0.05, 0) is 67.7 Å². The molecule has 1 saturated heterocycles. The van der Waals surface area contributed by atoms with E-state index < -0.39 is 5.60 Å². The molecule has 0 aliphatic carbocycles. The van der Waals surface area contributed by atoms with Crippen LogP contribution in [0.2, 0.25) is 0 Å². The summed E-state index contributed by atoms with van der Waals surface area (Å²) >= 11 is 3.37. The fraction of sp³-hybridized carbons (Fsp3) is 0.429. The molecule has 1 aliphatic heterocycles. The Labute approximate surface area is 186 Å². The van der Waals surface area contributed by atoms with Gasteiger partial charge in [0.1, 0.15) is 17.1 Å². The van der Waals surface area contributed by atoms with E-state index in [0.717, 1.165) is 36.2 Å². The number of rotatable bonds is 4. The number of pyridine rings is 2. The van der Waals surface area contributed by atoms with Gasteiger partial charge in [0.2, 0.25) is 5.78 Å². The number of alkyl carbamates (subject to hydrolysis) is 1. The second-order valence-electron chi connectivity index (χ2n) is 8.40. The summed E-state index contributed by atoms with van der Waals surface area (Å²) in [5.41, 5.74) is 1.09. The first-order valence-corrected chi connectivity index (χ1v) is 10.8. The van der Waals surface area contributed by atoms with Crippen molar-refractivity contribution in [2.24, 2.45) is 0 Å². The molecule has 1 N–H and O–H groups in total. The first-order chi connectivity index (χ1) is 14.1. The van der Waals surface area contributed by atoms with Crippen molar-refractivity contribution in [3.8, 4) is 0 Å². The lowest BCUT2D eigenvalue weighted by Crippen LogP contribution is -2.46. The highest BCUT2D eigenvalue weighted by molar-refractivity contribution is 9.10. The Hall–Kier alpha value is -2.42. The van der Waals surface area contributed by atoms with Crippen LogP contribution in [0.3, 0.4) is 0 Å². The number of aromatic nitrogens is 2. The monoisotopic (exact) mass is 472 g/mol. The van der Waals surface area contributed by atoms with Crippen molar-refractivity contribution in [3.63, 3.8) is 0 Å². The van der Waals surface area contributed by atoms with Crippen LogP contribution in [0.1, 0.15) is 49.7 Å². The van der Waals surface area contributed by atoms with Crippen LogP contribution in [-0.4, -0.2) is 54.4 Å². The van der Waals surface area contributed by atoms with Gasteiger partial charge in [0.05, 0.1) is 0 Å². The number of ketones is 1. The zero-order valence-electron chi connectivity index (χ0n) is 17.7. The third kappa shape index (κ3) is 5.81. The Morgan fingerprint density at radius 3 is 2.63 bits per heavy atom. The summed E-state index contributed by atoms with van der Waals surface area (Å²) in [4.78, 5) is 35.9. The van der Waals surface area contributed by atoms with Crippen LogP contribution in [0.15, 0.2) is 34.9 Å². The van der Waals surface area contributed by atoms with E-state index in [9.17, 15) is 9.59 Å². The number of carbonyl (C=O) groups is 2. The highest BCUT2D eigenvalue weighted by Gasteiger charge is 2.25. The molecule has 1 amide bonds. The van der Waals surface area contributed by atoms with Gasteiger partial charge in [0.25, 0.3) is 0 Å². The zero-order valence-corrected chi connectivity index (χ0v) is 19.3. The van der Waals surface area contributed by atoms with Crippen molar-refractivity contribution >= 4 is 47.1 Å². The highest BCUT2D eigenvalue weighted by atomic mass is 79.9. The summed E-state index contributed by atoms with van der Waals surface area (Å²) in [5, 5.41) is 2.94. The topological polar surface area (TPSA) is 84.4 Å². The Balaban J connectivity index is 1.64. The maximum absolute atomic E-state index is 12.9. The molecule has 3 heterocycles. The standard InChI is InChI=1S/C21H26BBrN4O3/c1-21(2,3)30-20(29)25-14-7-9-27(10-8-14)17-6-4-5-16(26-17)18(28)15-11-13(23)12-24-19(15)22/h4-6,11-12,14H,7-10,22H2,1-3H3,(H,25,29). The number of halogens is 1. The maximum Gasteiger partial charge on any atom is 0.407 e. The number of carbonyl (C=O) groups excluding carboxylic acids is 2. The van der Waals surface area contributed by atoms with E-state index in [1.807, 2.05) is 40.8 Å². The Bertz CT molecular complexity index is 940. The lowest BCUT2D eigenvalue weighted by molar-refractivity contribution is 0.0497. The van der Waals surface area contributed by atoms with Gasteiger partial charge in [-0.15, -0.1) is 0 Å². The van der Waals surface area contributed by atoms with E-state index in [4.69, 9.17) is 4.74 Å². The predicted molar refractivity (Wildman–Crippen MR) is 122 cm³/mol. The second-order valence-corrected chi connectivity index (χ2v) is 9.32. The van der Waals surface area contributed by atoms with Gasteiger partial charge in [-0.3, -0.25) is 9.78 Å². The first kappa shape index (κ1) is 22.3. The summed E-state index contributed by atoms with van der Waals surface area (Å²) < 4.78 is 6.09. The minimum absolute atomic E-state index is 0.0660. The average molecular weight is 473 g/mol. The molecule has 1 fully saturated rings. The van der Waals surface area contributed by atoms with E-state index in [2.05, 4.69) is 36.1 Å². The SMILES string of the molecule is Bc1ncc(Br)cc1C(=O)c1cccc(N2CCC(NC(=O)OC(C)(C)C)CC2)n1. The number of nitrogens with one attached hydrogen (secondary N) is 1. The zero-order chi connectivity index (χ0) is 21.9. The second kappa shape index (κ2) is 9.16. The van der Waals surface area contributed by atoms with Gasteiger partial charge in [0.15, 0.2) is 7.85 Å². The number of amides is 1. The smallest absolute Gasteiger partial charge is 0.407 e. The average Bonchev–Trinajstić information content (AvgIpc) is 2.68. The minimum atomic E-state index is -0.510. The van der Waals surface area contributed by atoms with Gasteiger partial charge in [-0.2, -0.15) is 0 Å². The minimum Gasteiger partial charge on any atom is -0.444 e. The molecule has 0 saturated carbocycles. The van der Waals surface area contributed by atoms with Crippen LogP contribution >= 0.6 is 15.9 Å². The van der Waals surface area contributed by atoms with Crippen LogP contribution in [0.5, 0.6) is 0 Å². The summed E-state index contributed by atoms with van der Waals surface area (Å²) in [5.74, 6) is 0.613. The number of nitrogens with zero attached hydrogens (tertiary/aromatic N) is 3. The Kier molecular flexibility index (Phi) is 6.80. The van der Waals surface area contributed by atoms with Crippen molar-refractivity contribution < 1.29 is 14.3 Å². The van der Waals surface area contributed by atoms with Crippen molar-refractivity contribution in [1.82, 2.24) is 15.3 Å². The molecule has 2 aromatic rings. The molecule has 0 bridgehead atoms. The third-order valence-electron chi connectivity index (χ3n) is 4.81. The van der Waals surface area contributed by atoms with Gasteiger partial charge in [-0.1, -0.05) is 6.07 Å². The lowest BCUT2D eigenvalue weighted by Gasteiger charge is -2.33. The third-order valence-corrected chi connectivity index (χ3v) is 5.24. The van der Waals surface area contributed by atoms with Crippen molar-refractivity contribution in [1.29, 1.82) is 0 Å². The molecule has 0 spiro atoms. The number of piperidine rings is 1. The number of hydrogen-bond donors (Lipinski definition) is 1. The molecule has 2 aromatic heterocycles. The summed E-state index contributed by atoms with van der Waals surface area (Å²) in [6, 6.07) is 7.32. The van der Waals surface area contributed by atoms with Crippen LogP contribution in [0.25, 0.3) is 0 Å². The Morgan fingerprint density at radius 2 is 1.97 bits per heavy atom. The van der Waals surface area contributed by atoms with E-state index in [1.54, 1.807) is 18.3 Å². The van der Waals surface area contributed by atoms with E-state index in [-0.39, 0.29) is 17.9 Å².